The van der Waals surface area contributed by atoms with E-state index in [-0.39, 0.29) is 5.76 Å². The van der Waals surface area contributed by atoms with Gasteiger partial charge in [0.15, 0.2) is 0 Å². The average molecular weight is 274 g/mol. The maximum Gasteiger partial charge on any atom is 0.371 e. The molecular formula is C15H18N2O3. The molecule has 2 aromatic heterocycles. The smallest absolute Gasteiger partial charge is 0.371 e. The summed E-state index contributed by atoms with van der Waals surface area (Å²) < 4.78 is 5.23. The van der Waals surface area contributed by atoms with Gasteiger partial charge in [0.05, 0.1) is 5.69 Å². The third kappa shape index (κ3) is 3.45. The molecule has 0 bridgehead atoms. The molecule has 0 saturated heterocycles. The van der Waals surface area contributed by atoms with Crippen LogP contribution in [0.25, 0.3) is 0 Å². The number of nitrogens with zero attached hydrogens (tertiary/aromatic N) is 2. The first-order chi connectivity index (χ1) is 9.60. The Morgan fingerprint density at radius 2 is 2.20 bits per heavy atom. The van der Waals surface area contributed by atoms with Gasteiger partial charge in [-0.05, 0) is 31.7 Å². The van der Waals surface area contributed by atoms with Gasteiger partial charge in [-0.2, -0.15) is 0 Å². The van der Waals surface area contributed by atoms with Crippen molar-refractivity contribution in [2.45, 2.75) is 26.9 Å². The third-order valence-corrected chi connectivity index (χ3v) is 3.18. The van der Waals surface area contributed by atoms with Gasteiger partial charge in [0.25, 0.3) is 0 Å². The molecule has 0 aromatic carbocycles. The number of aromatic carboxylic acids is 1. The third-order valence-electron chi connectivity index (χ3n) is 3.18. The number of furan rings is 1. The lowest BCUT2D eigenvalue weighted by Crippen LogP contribution is -2.22. The lowest BCUT2D eigenvalue weighted by atomic mass is 10.2. The zero-order valence-corrected chi connectivity index (χ0v) is 11.7. The minimum Gasteiger partial charge on any atom is -0.475 e. The van der Waals surface area contributed by atoms with Crippen LogP contribution in [0.4, 0.5) is 0 Å². The molecule has 106 valence electrons. The number of hydrogen-bond acceptors (Lipinski definition) is 4. The normalized spacial score (nSPS) is 10.9. The van der Waals surface area contributed by atoms with Gasteiger partial charge in [-0.1, -0.05) is 13.0 Å². The van der Waals surface area contributed by atoms with Crippen LogP contribution in [0.3, 0.4) is 0 Å². The molecule has 20 heavy (non-hydrogen) atoms. The Balaban J connectivity index is 2.08. The monoisotopic (exact) mass is 274 g/mol. The zero-order chi connectivity index (χ0) is 14.5. The zero-order valence-electron chi connectivity index (χ0n) is 11.7. The molecule has 0 aliphatic heterocycles. The number of pyridine rings is 1. The van der Waals surface area contributed by atoms with Gasteiger partial charge in [-0.25, -0.2) is 4.79 Å². The Bertz CT molecular complexity index is 578. The minimum atomic E-state index is -1.04. The standard InChI is InChI=1S/C15H18N2O3/c1-3-17(10-13-6-4-5-7-16-13)9-12-8-14(15(18)19)20-11(12)2/h4-8H,3,9-10H2,1-2H3,(H,18,19). The SMILES string of the molecule is CCN(Cc1ccccn1)Cc1cc(C(=O)O)oc1C. The summed E-state index contributed by atoms with van der Waals surface area (Å²) in [6, 6.07) is 7.42. The summed E-state index contributed by atoms with van der Waals surface area (Å²) in [4.78, 5) is 17.4. The molecular weight excluding hydrogens is 256 g/mol. The van der Waals surface area contributed by atoms with E-state index in [1.807, 2.05) is 18.2 Å². The number of aromatic nitrogens is 1. The van der Waals surface area contributed by atoms with Crippen LogP contribution < -0.4 is 0 Å². The number of hydrogen-bond donors (Lipinski definition) is 1. The highest BCUT2D eigenvalue weighted by Crippen LogP contribution is 2.17. The Hall–Kier alpha value is -2.14. The second-order valence-corrected chi connectivity index (χ2v) is 4.62. The van der Waals surface area contributed by atoms with Gasteiger partial charge < -0.3 is 9.52 Å². The Morgan fingerprint density at radius 3 is 2.75 bits per heavy atom. The molecule has 0 amide bonds. The fourth-order valence-electron chi connectivity index (χ4n) is 2.02. The highest BCUT2D eigenvalue weighted by molar-refractivity contribution is 5.84. The molecule has 0 aliphatic carbocycles. The lowest BCUT2D eigenvalue weighted by molar-refractivity contribution is 0.0661. The van der Waals surface area contributed by atoms with Crippen molar-refractivity contribution >= 4 is 5.97 Å². The van der Waals surface area contributed by atoms with E-state index in [0.717, 1.165) is 24.3 Å². The van der Waals surface area contributed by atoms with Crippen molar-refractivity contribution in [3.63, 3.8) is 0 Å². The van der Waals surface area contributed by atoms with Gasteiger partial charge in [0, 0.05) is 24.8 Å². The van der Waals surface area contributed by atoms with Crippen molar-refractivity contribution in [2.24, 2.45) is 0 Å². The molecule has 2 rings (SSSR count). The summed E-state index contributed by atoms with van der Waals surface area (Å²) in [5.74, 6) is -0.389. The quantitative estimate of drug-likeness (QED) is 0.877. The van der Waals surface area contributed by atoms with Crippen LogP contribution in [0.1, 0.15) is 34.5 Å². The highest BCUT2D eigenvalue weighted by atomic mass is 16.4. The Morgan fingerprint density at radius 1 is 1.40 bits per heavy atom. The molecule has 0 unspecified atom stereocenters. The van der Waals surface area contributed by atoms with Crippen LogP contribution in [0, 0.1) is 6.92 Å². The lowest BCUT2D eigenvalue weighted by Gasteiger charge is -2.19. The highest BCUT2D eigenvalue weighted by Gasteiger charge is 2.15. The summed E-state index contributed by atoms with van der Waals surface area (Å²) >= 11 is 0. The largest absolute Gasteiger partial charge is 0.475 e. The van der Waals surface area contributed by atoms with Crippen molar-refractivity contribution < 1.29 is 14.3 Å². The van der Waals surface area contributed by atoms with Crippen LogP contribution in [-0.2, 0) is 13.1 Å². The number of rotatable bonds is 6. The molecule has 0 aliphatic rings. The van der Waals surface area contributed by atoms with E-state index in [1.165, 1.54) is 0 Å². The van der Waals surface area contributed by atoms with Crippen molar-refractivity contribution in [2.75, 3.05) is 6.54 Å². The average Bonchev–Trinajstić information content (AvgIpc) is 2.81. The van der Waals surface area contributed by atoms with E-state index >= 15 is 0 Å². The van der Waals surface area contributed by atoms with Crippen LogP contribution in [0.2, 0.25) is 0 Å². The maximum atomic E-state index is 10.9. The van der Waals surface area contributed by atoms with Crippen molar-refractivity contribution in [1.29, 1.82) is 0 Å². The molecule has 5 nitrogen and oxygen atoms in total. The summed E-state index contributed by atoms with van der Waals surface area (Å²) in [7, 11) is 0. The number of carboxylic acid groups (broad SMARTS) is 1. The van der Waals surface area contributed by atoms with E-state index in [2.05, 4.69) is 16.8 Å². The summed E-state index contributed by atoms with van der Waals surface area (Å²) in [5.41, 5.74) is 1.90. The second kappa shape index (κ2) is 6.34. The van der Waals surface area contributed by atoms with Crippen LogP contribution >= 0.6 is 0 Å². The fraction of sp³-hybridized carbons (Fsp3) is 0.333. The number of carbonyl (C=O) groups is 1. The number of aryl methyl sites for hydroxylation is 1. The van der Waals surface area contributed by atoms with Gasteiger partial charge in [-0.15, -0.1) is 0 Å². The summed E-state index contributed by atoms with van der Waals surface area (Å²) in [6.07, 6.45) is 1.77. The summed E-state index contributed by atoms with van der Waals surface area (Å²) in [5, 5.41) is 8.93. The van der Waals surface area contributed by atoms with Gasteiger partial charge in [-0.3, -0.25) is 9.88 Å². The van der Waals surface area contributed by atoms with Crippen LogP contribution in [0.5, 0.6) is 0 Å². The van der Waals surface area contributed by atoms with E-state index < -0.39 is 5.97 Å². The molecule has 2 heterocycles. The van der Waals surface area contributed by atoms with E-state index in [9.17, 15) is 4.79 Å². The maximum absolute atomic E-state index is 10.9. The second-order valence-electron chi connectivity index (χ2n) is 4.62. The molecule has 0 saturated carbocycles. The van der Waals surface area contributed by atoms with Gasteiger partial charge in [0.2, 0.25) is 5.76 Å². The molecule has 5 heteroatoms. The van der Waals surface area contributed by atoms with Crippen molar-refractivity contribution in [3.8, 4) is 0 Å². The molecule has 0 atom stereocenters. The van der Waals surface area contributed by atoms with Crippen LogP contribution in [0.15, 0.2) is 34.9 Å². The van der Waals surface area contributed by atoms with Gasteiger partial charge >= 0.3 is 5.97 Å². The first kappa shape index (κ1) is 14.3. The fourth-order valence-corrected chi connectivity index (χ4v) is 2.02. The van der Waals surface area contributed by atoms with Crippen LogP contribution in [-0.4, -0.2) is 27.5 Å². The molecule has 0 fully saturated rings. The first-order valence-corrected chi connectivity index (χ1v) is 6.55. The number of carboxylic acids is 1. The molecule has 0 spiro atoms. The molecule has 1 N–H and O–H groups in total. The predicted molar refractivity (Wildman–Crippen MR) is 74.4 cm³/mol. The van der Waals surface area contributed by atoms with E-state index in [1.54, 1.807) is 19.2 Å². The molecule has 0 radical (unpaired) electrons. The van der Waals surface area contributed by atoms with E-state index in [4.69, 9.17) is 9.52 Å². The molecule has 2 aromatic rings. The predicted octanol–water partition coefficient (Wildman–Crippen LogP) is 2.70. The van der Waals surface area contributed by atoms with Crippen molar-refractivity contribution in [3.05, 3.63) is 53.2 Å². The van der Waals surface area contributed by atoms with Crippen molar-refractivity contribution in [1.82, 2.24) is 9.88 Å². The summed E-state index contributed by atoms with van der Waals surface area (Å²) in [6.45, 7) is 6.08. The topological polar surface area (TPSA) is 66.6 Å². The Kier molecular flexibility index (Phi) is 4.53. The van der Waals surface area contributed by atoms with E-state index in [0.29, 0.717) is 12.3 Å². The first-order valence-electron chi connectivity index (χ1n) is 6.55. The Labute approximate surface area is 117 Å². The van der Waals surface area contributed by atoms with Gasteiger partial charge in [0.1, 0.15) is 5.76 Å². The minimum absolute atomic E-state index is 0.00797.